The predicted molar refractivity (Wildman–Crippen MR) is 120 cm³/mol. The highest BCUT2D eigenvalue weighted by molar-refractivity contribution is 5.73. The summed E-state index contributed by atoms with van der Waals surface area (Å²) >= 11 is 0. The summed E-state index contributed by atoms with van der Waals surface area (Å²) in [5.41, 5.74) is 4.42. The summed E-state index contributed by atoms with van der Waals surface area (Å²) in [6.07, 6.45) is -6.52. The molecule has 2 heterocycles. The van der Waals surface area contributed by atoms with E-state index in [1.807, 2.05) is 6.26 Å². The number of alkyl halides is 6. The second kappa shape index (κ2) is 12.0. The van der Waals surface area contributed by atoms with Crippen molar-refractivity contribution >= 4 is 11.9 Å². The first-order valence-corrected chi connectivity index (χ1v) is 11.2. The summed E-state index contributed by atoms with van der Waals surface area (Å²) in [5.74, 6) is -4.14. The van der Waals surface area contributed by atoms with Gasteiger partial charge in [-0.3, -0.25) is 9.80 Å². The highest BCUT2D eigenvalue weighted by Gasteiger charge is 2.47. The van der Waals surface area contributed by atoms with Gasteiger partial charge in [-0.25, -0.2) is 9.59 Å². The largest absolute Gasteiger partial charge is 0.490 e. The number of carboxylic acid groups (broad SMARTS) is 2. The second-order valence-electron chi connectivity index (χ2n) is 9.03. The number of halogens is 6. The molecule has 2 aliphatic rings. The number of hydrogen-bond donors (Lipinski definition) is 2. The Morgan fingerprint density at radius 1 is 1.00 bits per heavy atom. The number of rotatable bonds is 4. The molecule has 1 aromatic heterocycles. The van der Waals surface area contributed by atoms with E-state index in [0.29, 0.717) is 23.9 Å². The lowest BCUT2D eigenvalue weighted by molar-refractivity contribution is -0.193. The van der Waals surface area contributed by atoms with Crippen LogP contribution in [-0.4, -0.2) is 70.5 Å². The molecule has 0 spiro atoms. The molecule has 1 aromatic carbocycles. The first kappa shape index (κ1) is 30.2. The van der Waals surface area contributed by atoms with Crippen LogP contribution in [0.15, 0.2) is 47.3 Å². The van der Waals surface area contributed by atoms with Crippen molar-refractivity contribution in [3.8, 4) is 0 Å². The third-order valence-electron chi connectivity index (χ3n) is 6.29. The Bertz CT molecular complexity index is 1010. The van der Waals surface area contributed by atoms with E-state index in [9.17, 15) is 26.3 Å². The van der Waals surface area contributed by atoms with E-state index in [1.165, 1.54) is 12.1 Å². The van der Waals surface area contributed by atoms with Crippen LogP contribution in [0.2, 0.25) is 0 Å². The van der Waals surface area contributed by atoms with Crippen LogP contribution in [-0.2, 0) is 16.1 Å². The molecule has 1 fully saturated rings. The van der Waals surface area contributed by atoms with Crippen molar-refractivity contribution in [1.29, 1.82) is 0 Å². The van der Waals surface area contributed by atoms with Crippen LogP contribution in [0.1, 0.15) is 42.5 Å². The molecular weight excluding hydrogens is 510 g/mol. The lowest BCUT2D eigenvalue weighted by Gasteiger charge is -2.33. The Morgan fingerprint density at radius 2 is 1.51 bits per heavy atom. The first-order chi connectivity index (χ1) is 17.0. The molecule has 1 saturated heterocycles. The number of aliphatic carboxylic acids is 2. The number of hydrogen-bond acceptors (Lipinski definition) is 5. The number of fused-ring (bicyclic) bond motifs is 3. The number of carbonyl (C=O) groups is 2. The lowest BCUT2D eigenvalue weighted by atomic mass is 9.93. The molecule has 1 aliphatic carbocycles. The minimum absolute atomic E-state index is 0.547. The molecule has 0 unspecified atom stereocenters. The molecule has 2 N–H and O–H groups in total. The van der Waals surface area contributed by atoms with E-state index in [0.717, 1.165) is 13.1 Å². The molecule has 37 heavy (non-hydrogen) atoms. The molecule has 1 aliphatic heterocycles. The van der Waals surface area contributed by atoms with Crippen molar-refractivity contribution in [3.63, 3.8) is 0 Å². The first-order valence-electron chi connectivity index (χ1n) is 11.2. The van der Waals surface area contributed by atoms with Gasteiger partial charge in [-0.05, 0) is 44.0 Å². The van der Waals surface area contributed by atoms with Gasteiger partial charge in [-0.1, -0.05) is 24.3 Å². The van der Waals surface area contributed by atoms with Gasteiger partial charge in [0.25, 0.3) is 0 Å². The highest BCUT2D eigenvalue weighted by atomic mass is 19.4. The van der Waals surface area contributed by atoms with Crippen LogP contribution in [0.3, 0.4) is 0 Å². The van der Waals surface area contributed by atoms with Crippen LogP contribution in [0.25, 0.3) is 0 Å². The number of furan rings is 1. The van der Waals surface area contributed by atoms with Gasteiger partial charge >= 0.3 is 24.3 Å². The summed E-state index contributed by atoms with van der Waals surface area (Å²) in [6, 6.07) is 12.3. The Hall–Kier alpha value is -3.06. The van der Waals surface area contributed by atoms with Crippen LogP contribution < -0.4 is 0 Å². The molecule has 4 rings (SSSR count). The lowest BCUT2D eigenvalue weighted by Crippen LogP contribution is -2.35. The van der Waals surface area contributed by atoms with Gasteiger partial charge in [0.2, 0.25) is 0 Å². The van der Waals surface area contributed by atoms with Crippen LogP contribution >= 0.6 is 0 Å². The molecule has 3 atom stereocenters. The SMILES string of the molecule is CC(C)N(C)[C@H]1c2ccccc2[C@@H]2CN(Cc3ccoc3)C[C@@H]21.O=C(O)C(F)(F)F.O=C(O)C(F)(F)F. The van der Waals surface area contributed by atoms with Crippen LogP contribution in [0, 0.1) is 5.92 Å². The van der Waals surface area contributed by atoms with E-state index in [-0.39, 0.29) is 0 Å². The van der Waals surface area contributed by atoms with Gasteiger partial charge in [0.1, 0.15) is 0 Å². The highest BCUT2D eigenvalue weighted by Crippen LogP contribution is 2.51. The van der Waals surface area contributed by atoms with Gasteiger partial charge in [0.15, 0.2) is 0 Å². The molecule has 0 amide bonds. The Balaban J connectivity index is 0.000000286. The van der Waals surface area contributed by atoms with Gasteiger partial charge in [0, 0.05) is 43.2 Å². The predicted octanol–water partition coefficient (Wildman–Crippen LogP) is 5.16. The molecular formula is C24H28F6N2O5. The van der Waals surface area contributed by atoms with Crippen molar-refractivity contribution < 1.29 is 50.6 Å². The van der Waals surface area contributed by atoms with Crippen molar-refractivity contribution in [2.45, 2.75) is 50.7 Å². The minimum atomic E-state index is -5.08. The van der Waals surface area contributed by atoms with Crippen molar-refractivity contribution in [3.05, 3.63) is 59.5 Å². The third-order valence-corrected chi connectivity index (χ3v) is 6.29. The fraction of sp³-hybridized carbons (Fsp3) is 0.500. The molecule has 0 saturated carbocycles. The molecule has 2 aromatic rings. The maximum atomic E-state index is 10.6. The Labute approximate surface area is 209 Å². The average molecular weight is 538 g/mol. The number of benzene rings is 1. The quantitative estimate of drug-likeness (QED) is 0.520. The van der Waals surface area contributed by atoms with Gasteiger partial charge in [0.05, 0.1) is 12.5 Å². The summed E-state index contributed by atoms with van der Waals surface area (Å²) in [4.78, 5) is 22.9. The zero-order valence-corrected chi connectivity index (χ0v) is 20.3. The topological polar surface area (TPSA) is 94.2 Å². The summed E-state index contributed by atoms with van der Waals surface area (Å²) < 4.78 is 68.7. The summed E-state index contributed by atoms with van der Waals surface area (Å²) in [5, 5.41) is 14.2. The van der Waals surface area contributed by atoms with Gasteiger partial charge < -0.3 is 14.6 Å². The minimum Gasteiger partial charge on any atom is -0.475 e. The van der Waals surface area contributed by atoms with Crippen molar-refractivity contribution in [2.75, 3.05) is 20.1 Å². The molecule has 13 heteroatoms. The fourth-order valence-corrected chi connectivity index (χ4v) is 4.52. The molecule has 7 nitrogen and oxygen atoms in total. The fourth-order valence-electron chi connectivity index (χ4n) is 4.52. The van der Waals surface area contributed by atoms with E-state index in [1.54, 1.807) is 17.4 Å². The van der Waals surface area contributed by atoms with Crippen molar-refractivity contribution in [2.24, 2.45) is 5.92 Å². The van der Waals surface area contributed by atoms with Crippen molar-refractivity contribution in [1.82, 2.24) is 9.80 Å². The smallest absolute Gasteiger partial charge is 0.475 e. The zero-order chi connectivity index (χ0) is 28.1. The average Bonchev–Trinajstić information content (AvgIpc) is 3.49. The third kappa shape index (κ3) is 7.96. The summed E-state index contributed by atoms with van der Waals surface area (Å²) in [6.45, 7) is 7.94. The van der Waals surface area contributed by atoms with Gasteiger partial charge in [-0.15, -0.1) is 0 Å². The van der Waals surface area contributed by atoms with E-state index in [2.05, 4.69) is 61.0 Å². The molecule has 206 valence electrons. The second-order valence-corrected chi connectivity index (χ2v) is 9.03. The van der Waals surface area contributed by atoms with Crippen LogP contribution in [0.5, 0.6) is 0 Å². The zero-order valence-electron chi connectivity index (χ0n) is 20.3. The molecule has 0 bridgehead atoms. The monoisotopic (exact) mass is 538 g/mol. The Kier molecular flexibility index (Phi) is 9.78. The van der Waals surface area contributed by atoms with E-state index < -0.39 is 24.3 Å². The number of likely N-dealkylation sites (tertiary alicyclic amines) is 1. The van der Waals surface area contributed by atoms with Gasteiger partial charge in [-0.2, -0.15) is 26.3 Å². The van der Waals surface area contributed by atoms with Crippen LogP contribution in [0.4, 0.5) is 26.3 Å². The van der Waals surface area contributed by atoms with E-state index in [4.69, 9.17) is 24.2 Å². The Morgan fingerprint density at radius 3 is 1.95 bits per heavy atom. The maximum absolute atomic E-state index is 10.6. The maximum Gasteiger partial charge on any atom is 0.490 e. The standard InChI is InChI=1S/C20H26N2O.2C2HF3O2/c1-14(2)21(3)20-17-7-5-4-6-16(17)18-11-22(12-19(18)20)10-15-8-9-23-13-15;2*3-2(4,5)1(6)7/h4-9,13-14,18-20H,10-12H2,1-3H3;2*(H,6,7)/t18-,19-,20-;;/m0../s1. The molecule has 0 radical (unpaired) electrons. The number of nitrogens with zero attached hydrogens (tertiary/aromatic N) is 2. The van der Waals surface area contributed by atoms with E-state index >= 15 is 0 Å². The number of carboxylic acids is 2. The normalized spacial score (nSPS) is 21.0. The summed E-state index contributed by atoms with van der Waals surface area (Å²) in [7, 11) is 2.28.